The van der Waals surface area contributed by atoms with Crippen LogP contribution in [0, 0.1) is 0 Å². The van der Waals surface area contributed by atoms with Crippen LogP contribution in [0.15, 0.2) is 36.5 Å². The van der Waals surface area contributed by atoms with Crippen molar-refractivity contribution in [2.45, 2.75) is 6.42 Å². The summed E-state index contributed by atoms with van der Waals surface area (Å²) in [4.78, 5) is 4.26. The fraction of sp³-hybridized carbons (Fsp3) is 0.250. The first-order valence-corrected chi connectivity index (χ1v) is 5.48. The van der Waals surface area contributed by atoms with Gasteiger partial charge in [-0.05, 0) is 30.7 Å². The van der Waals surface area contributed by atoms with Gasteiger partial charge in [0.15, 0.2) is 0 Å². The van der Waals surface area contributed by atoms with Gasteiger partial charge in [-0.25, -0.2) is 0 Å². The van der Waals surface area contributed by atoms with Gasteiger partial charge in [-0.2, -0.15) is 0 Å². The molecule has 0 N–H and O–H groups in total. The zero-order valence-electron chi connectivity index (χ0n) is 8.32. The third-order valence-electron chi connectivity index (χ3n) is 2.14. The minimum Gasteiger partial charge on any atom is -0.493 e. The highest BCUT2D eigenvalue weighted by Crippen LogP contribution is 2.23. The number of aromatic nitrogens is 1. The summed E-state index contributed by atoms with van der Waals surface area (Å²) < 4.78 is 5.64. The second-order valence-electron chi connectivity index (χ2n) is 3.22. The number of ether oxygens (including phenoxy) is 1. The van der Waals surface area contributed by atoms with Crippen molar-refractivity contribution in [3.05, 3.63) is 36.5 Å². The zero-order chi connectivity index (χ0) is 10.5. The fourth-order valence-corrected chi connectivity index (χ4v) is 1.55. The van der Waals surface area contributed by atoms with Crippen molar-refractivity contribution in [1.29, 1.82) is 0 Å². The van der Waals surface area contributed by atoms with E-state index in [0.717, 1.165) is 23.1 Å². The molecule has 0 fully saturated rings. The van der Waals surface area contributed by atoms with Crippen molar-refractivity contribution in [1.82, 2.24) is 4.98 Å². The van der Waals surface area contributed by atoms with Crippen molar-refractivity contribution in [2.75, 3.05) is 12.5 Å². The fourth-order valence-electron chi connectivity index (χ4n) is 1.44. The molecule has 0 saturated carbocycles. The molecule has 1 aromatic heterocycles. The summed E-state index contributed by atoms with van der Waals surface area (Å²) in [5.74, 6) is 1.51. The highest BCUT2D eigenvalue weighted by Gasteiger charge is 2.00. The number of rotatable bonds is 4. The molecule has 0 spiro atoms. The standard InChI is InChI=1S/C12H12ClNO/c13-7-3-9-15-12-6-1-5-11-10(12)4-2-8-14-11/h1-2,4-6,8H,3,7,9H2. The molecule has 78 valence electrons. The molecule has 0 saturated heterocycles. The number of benzene rings is 1. The second-order valence-corrected chi connectivity index (χ2v) is 3.60. The van der Waals surface area contributed by atoms with Crippen molar-refractivity contribution in [3.63, 3.8) is 0 Å². The molecule has 2 nitrogen and oxygen atoms in total. The molecule has 0 atom stereocenters. The van der Waals surface area contributed by atoms with Gasteiger partial charge in [-0.15, -0.1) is 11.6 Å². The summed E-state index contributed by atoms with van der Waals surface area (Å²) in [7, 11) is 0. The third kappa shape index (κ3) is 2.39. The van der Waals surface area contributed by atoms with Gasteiger partial charge in [-0.1, -0.05) is 6.07 Å². The van der Waals surface area contributed by atoms with Crippen LogP contribution in [-0.4, -0.2) is 17.5 Å². The Bertz CT molecular complexity index is 439. The van der Waals surface area contributed by atoms with E-state index in [9.17, 15) is 0 Å². The lowest BCUT2D eigenvalue weighted by Crippen LogP contribution is -1.98. The molecular formula is C12H12ClNO. The summed E-state index contributed by atoms with van der Waals surface area (Å²) in [6.45, 7) is 0.650. The van der Waals surface area contributed by atoms with Crippen LogP contribution in [0.5, 0.6) is 5.75 Å². The van der Waals surface area contributed by atoms with Gasteiger partial charge < -0.3 is 4.74 Å². The summed E-state index contributed by atoms with van der Waals surface area (Å²) in [6.07, 6.45) is 2.64. The molecule has 0 aliphatic carbocycles. The van der Waals surface area contributed by atoms with E-state index in [0.29, 0.717) is 12.5 Å². The molecule has 1 heterocycles. The monoisotopic (exact) mass is 221 g/mol. The maximum absolute atomic E-state index is 5.64. The van der Waals surface area contributed by atoms with Gasteiger partial charge in [0.1, 0.15) is 5.75 Å². The SMILES string of the molecule is ClCCCOc1cccc2ncccc12. The molecule has 0 bridgehead atoms. The Labute approximate surface area is 93.8 Å². The largest absolute Gasteiger partial charge is 0.493 e. The Balaban J connectivity index is 2.26. The Kier molecular flexibility index (Phi) is 3.41. The quantitative estimate of drug-likeness (QED) is 0.584. The maximum Gasteiger partial charge on any atom is 0.128 e. The van der Waals surface area contributed by atoms with Gasteiger partial charge in [0.25, 0.3) is 0 Å². The van der Waals surface area contributed by atoms with Crippen molar-refractivity contribution in [2.24, 2.45) is 0 Å². The lowest BCUT2D eigenvalue weighted by atomic mass is 10.2. The predicted molar refractivity (Wildman–Crippen MR) is 62.6 cm³/mol. The Morgan fingerprint density at radius 2 is 2.13 bits per heavy atom. The molecule has 2 aromatic rings. The van der Waals surface area contributed by atoms with E-state index < -0.39 is 0 Å². The minimum atomic E-state index is 0.628. The normalized spacial score (nSPS) is 10.5. The lowest BCUT2D eigenvalue weighted by molar-refractivity contribution is 0.322. The summed E-state index contributed by atoms with van der Waals surface area (Å²) >= 11 is 5.59. The topological polar surface area (TPSA) is 22.1 Å². The van der Waals surface area contributed by atoms with Gasteiger partial charge in [0.2, 0.25) is 0 Å². The van der Waals surface area contributed by atoms with Crippen LogP contribution in [-0.2, 0) is 0 Å². The number of alkyl halides is 1. The number of halogens is 1. The number of nitrogens with zero attached hydrogens (tertiary/aromatic N) is 1. The van der Waals surface area contributed by atoms with E-state index in [2.05, 4.69) is 4.98 Å². The highest BCUT2D eigenvalue weighted by atomic mass is 35.5. The first-order valence-electron chi connectivity index (χ1n) is 4.94. The van der Waals surface area contributed by atoms with E-state index in [-0.39, 0.29) is 0 Å². The van der Waals surface area contributed by atoms with Crippen LogP contribution in [0.3, 0.4) is 0 Å². The molecule has 15 heavy (non-hydrogen) atoms. The van der Waals surface area contributed by atoms with E-state index in [1.165, 1.54) is 0 Å². The average molecular weight is 222 g/mol. The van der Waals surface area contributed by atoms with Crippen molar-refractivity contribution < 1.29 is 4.74 Å². The maximum atomic E-state index is 5.64. The molecule has 0 radical (unpaired) electrons. The molecule has 0 aliphatic rings. The smallest absolute Gasteiger partial charge is 0.128 e. The molecule has 2 rings (SSSR count). The van der Waals surface area contributed by atoms with Gasteiger partial charge in [0, 0.05) is 17.5 Å². The summed E-state index contributed by atoms with van der Waals surface area (Å²) in [5.41, 5.74) is 0.959. The molecule has 0 aliphatic heterocycles. The summed E-state index contributed by atoms with van der Waals surface area (Å²) in [5, 5.41) is 1.05. The number of pyridine rings is 1. The van der Waals surface area contributed by atoms with Gasteiger partial charge >= 0.3 is 0 Å². The van der Waals surface area contributed by atoms with E-state index in [1.807, 2.05) is 30.3 Å². The van der Waals surface area contributed by atoms with Crippen LogP contribution in [0.1, 0.15) is 6.42 Å². The number of hydrogen-bond donors (Lipinski definition) is 0. The first kappa shape index (κ1) is 10.2. The van der Waals surface area contributed by atoms with E-state index in [1.54, 1.807) is 6.20 Å². The Morgan fingerprint density at radius 1 is 1.20 bits per heavy atom. The van der Waals surface area contributed by atoms with Crippen molar-refractivity contribution >= 4 is 22.5 Å². The molecule has 0 unspecified atom stereocenters. The van der Waals surface area contributed by atoms with Crippen LogP contribution in [0.4, 0.5) is 0 Å². The first-order chi connectivity index (χ1) is 7.42. The zero-order valence-corrected chi connectivity index (χ0v) is 9.07. The lowest BCUT2D eigenvalue weighted by Gasteiger charge is -2.07. The highest BCUT2D eigenvalue weighted by molar-refractivity contribution is 6.17. The van der Waals surface area contributed by atoms with Crippen LogP contribution in [0.2, 0.25) is 0 Å². The number of hydrogen-bond acceptors (Lipinski definition) is 2. The predicted octanol–water partition coefficient (Wildman–Crippen LogP) is 3.24. The van der Waals surface area contributed by atoms with Crippen LogP contribution in [0.25, 0.3) is 10.9 Å². The van der Waals surface area contributed by atoms with E-state index in [4.69, 9.17) is 16.3 Å². The summed E-state index contributed by atoms with van der Waals surface area (Å²) in [6, 6.07) is 9.81. The van der Waals surface area contributed by atoms with Crippen LogP contribution >= 0.6 is 11.6 Å². The third-order valence-corrected chi connectivity index (χ3v) is 2.41. The van der Waals surface area contributed by atoms with Crippen molar-refractivity contribution in [3.8, 4) is 5.75 Å². The second kappa shape index (κ2) is 4.99. The van der Waals surface area contributed by atoms with E-state index >= 15 is 0 Å². The molecule has 3 heteroatoms. The Hall–Kier alpha value is -1.28. The Morgan fingerprint density at radius 3 is 3.00 bits per heavy atom. The molecule has 0 amide bonds. The molecule has 1 aromatic carbocycles. The van der Waals surface area contributed by atoms with Crippen LogP contribution < -0.4 is 4.74 Å². The van der Waals surface area contributed by atoms with Gasteiger partial charge in [0.05, 0.1) is 12.1 Å². The minimum absolute atomic E-state index is 0.628. The van der Waals surface area contributed by atoms with Gasteiger partial charge in [-0.3, -0.25) is 4.98 Å². The average Bonchev–Trinajstić information content (AvgIpc) is 2.30. The number of fused-ring (bicyclic) bond motifs is 1. The molecular weight excluding hydrogens is 210 g/mol.